The van der Waals surface area contributed by atoms with E-state index >= 15 is 0 Å². The first-order valence-corrected chi connectivity index (χ1v) is 6.83. The van der Waals surface area contributed by atoms with Gasteiger partial charge >= 0.3 is 0 Å². The maximum absolute atomic E-state index is 5.84. The van der Waals surface area contributed by atoms with Crippen molar-refractivity contribution in [2.45, 2.75) is 25.3 Å². The van der Waals surface area contributed by atoms with E-state index in [0.717, 1.165) is 16.7 Å². The Labute approximate surface area is 106 Å². The Balaban J connectivity index is 1.89. The van der Waals surface area contributed by atoms with Crippen LogP contribution in [0.1, 0.15) is 29.3 Å². The molecule has 1 fully saturated rings. The fourth-order valence-corrected chi connectivity index (χ4v) is 3.24. The lowest BCUT2D eigenvalue weighted by Crippen LogP contribution is -2.05. The van der Waals surface area contributed by atoms with Crippen molar-refractivity contribution in [3.05, 3.63) is 26.5 Å². The second-order valence-electron chi connectivity index (χ2n) is 4.02. The van der Waals surface area contributed by atoms with E-state index in [1.807, 2.05) is 4.68 Å². The largest absolute Gasteiger partial charge is 0.381 e. The summed E-state index contributed by atoms with van der Waals surface area (Å²) in [4.78, 5) is 1.26. The molecule has 0 spiro atoms. The lowest BCUT2D eigenvalue weighted by molar-refractivity contribution is 0.625. The van der Waals surface area contributed by atoms with Crippen LogP contribution in [0.15, 0.2) is 15.9 Å². The molecule has 3 rings (SSSR count). The second kappa shape index (κ2) is 3.85. The van der Waals surface area contributed by atoms with E-state index in [-0.39, 0.29) is 0 Å². The van der Waals surface area contributed by atoms with Gasteiger partial charge in [0, 0.05) is 20.6 Å². The van der Waals surface area contributed by atoms with Gasteiger partial charge < -0.3 is 5.73 Å². The Morgan fingerprint density at radius 2 is 2.38 bits per heavy atom. The first kappa shape index (κ1) is 10.3. The predicted octanol–water partition coefficient (Wildman–Crippen LogP) is 2.61. The molecule has 2 N–H and O–H groups in total. The molecule has 2 aromatic heterocycles. The molecule has 0 radical (unpaired) electrons. The molecule has 1 aliphatic rings. The Kier molecular flexibility index (Phi) is 2.48. The van der Waals surface area contributed by atoms with Crippen molar-refractivity contribution in [3.63, 3.8) is 0 Å². The highest BCUT2D eigenvalue weighted by molar-refractivity contribution is 9.10. The van der Waals surface area contributed by atoms with E-state index in [0.29, 0.717) is 11.7 Å². The molecule has 0 aliphatic heterocycles. The molecule has 0 saturated heterocycles. The maximum Gasteiger partial charge on any atom is 0.169 e. The molecule has 16 heavy (non-hydrogen) atoms. The third kappa shape index (κ3) is 1.87. The highest BCUT2D eigenvalue weighted by atomic mass is 79.9. The molecule has 0 amide bonds. The SMILES string of the molecule is Nc1nnn(Cc2cc(Br)cs2)c1C1CC1. The summed E-state index contributed by atoms with van der Waals surface area (Å²) >= 11 is 5.17. The molecule has 0 unspecified atom stereocenters. The first-order valence-electron chi connectivity index (χ1n) is 5.16. The maximum atomic E-state index is 5.84. The normalized spacial score (nSPS) is 15.6. The number of hydrogen-bond acceptors (Lipinski definition) is 4. The molecular weight excluding hydrogens is 288 g/mol. The van der Waals surface area contributed by atoms with E-state index < -0.39 is 0 Å². The van der Waals surface area contributed by atoms with Gasteiger partial charge in [0.1, 0.15) is 0 Å². The fraction of sp³-hybridized carbons (Fsp3) is 0.400. The van der Waals surface area contributed by atoms with Crippen molar-refractivity contribution < 1.29 is 0 Å². The molecule has 0 atom stereocenters. The number of nitrogen functional groups attached to an aromatic ring is 1. The number of anilines is 1. The van der Waals surface area contributed by atoms with Crippen molar-refractivity contribution >= 4 is 33.1 Å². The molecule has 0 aromatic carbocycles. The number of nitrogens with zero attached hydrogens (tertiary/aromatic N) is 3. The second-order valence-corrected chi connectivity index (χ2v) is 5.93. The van der Waals surface area contributed by atoms with Crippen molar-refractivity contribution in [3.8, 4) is 0 Å². The molecule has 84 valence electrons. The van der Waals surface area contributed by atoms with Crippen molar-refractivity contribution in [1.29, 1.82) is 0 Å². The number of aromatic nitrogens is 3. The molecule has 2 heterocycles. The third-order valence-corrected chi connectivity index (χ3v) is 4.37. The minimum absolute atomic E-state index is 0.582. The van der Waals surface area contributed by atoms with Crippen LogP contribution >= 0.6 is 27.3 Å². The Morgan fingerprint density at radius 3 is 3.00 bits per heavy atom. The summed E-state index contributed by atoms with van der Waals surface area (Å²) in [6.07, 6.45) is 2.43. The van der Waals surface area contributed by atoms with E-state index in [2.05, 4.69) is 37.7 Å². The zero-order valence-electron chi connectivity index (χ0n) is 8.56. The van der Waals surface area contributed by atoms with Gasteiger partial charge in [-0.3, -0.25) is 0 Å². The monoisotopic (exact) mass is 298 g/mol. The molecule has 1 saturated carbocycles. The lowest BCUT2D eigenvalue weighted by atomic mass is 10.3. The summed E-state index contributed by atoms with van der Waals surface area (Å²) in [7, 11) is 0. The van der Waals surface area contributed by atoms with Gasteiger partial charge in [-0.1, -0.05) is 5.21 Å². The van der Waals surface area contributed by atoms with E-state index in [1.165, 1.54) is 17.7 Å². The van der Waals surface area contributed by atoms with Gasteiger partial charge in [0.15, 0.2) is 5.82 Å². The molecule has 0 bridgehead atoms. The highest BCUT2D eigenvalue weighted by Crippen LogP contribution is 2.42. The molecule has 1 aliphatic carbocycles. The Hall–Kier alpha value is -0.880. The molecular formula is C10H11BrN4S. The van der Waals surface area contributed by atoms with Gasteiger partial charge in [0.25, 0.3) is 0 Å². The van der Waals surface area contributed by atoms with Crippen LogP contribution < -0.4 is 5.73 Å². The van der Waals surface area contributed by atoms with Crippen LogP contribution in [0.25, 0.3) is 0 Å². The van der Waals surface area contributed by atoms with Gasteiger partial charge in [-0.25, -0.2) is 4.68 Å². The number of rotatable bonds is 3. The standard InChI is InChI=1S/C10H11BrN4S/c11-7-3-8(16-5-7)4-15-9(6-1-2-6)10(12)13-14-15/h3,5-6H,1-2,4,12H2. The predicted molar refractivity (Wildman–Crippen MR) is 67.5 cm³/mol. The lowest BCUT2D eigenvalue weighted by Gasteiger charge is -2.03. The number of thiophene rings is 1. The summed E-state index contributed by atoms with van der Waals surface area (Å²) in [6, 6.07) is 2.11. The van der Waals surface area contributed by atoms with Crippen LogP contribution in [0.4, 0.5) is 5.82 Å². The van der Waals surface area contributed by atoms with Gasteiger partial charge in [0.05, 0.1) is 12.2 Å². The summed E-state index contributed by atoms with van der Waals surface area (Å²) in [5.74, 6) is 1.18. The van der Waals surface area contributed by atoms with Crippen molar-refractivity contribution in [2.75, 3.05) is 5.73 Å². The van der Waals surface area contributed by atoms with Gasteiger partial charge in [0.2, 0.25) is 0 Å². The van der Waals surface area contributed by atoms with E-state index in [1.54, 1.807) is 11.3 Å². The smallest absolute Gasteiger partial charge is 0.169 e. The number of hydrogen-bond donors (Lipinski definition) is 1. The third-order valence-electron chi connectivity index (χ3n) is 2.69. The van der Waals surface area contributed by atoms with E-state index in [4.69, 9.17) is 5.73 Å². The van der Waals surface area contributed by atoms with Gasteiger partial charge in [-0.15, -0.1) is 16.4 Å². The Bertz CT molecular complexity index is 515. The highest BCUT2D eigenvalue weighted by Gasteiger charge is 2.30. The van der Waals surface area contributed by atoms with Crippen LogP contribution in [0.3, 0.4) is 0 Å². The molecule has 6 heteroatoms. The van der Waals surface area contributed by atoms with Crippen LogP contribution in [0.5, 0.6) is 0 Å². The van der Waals surface area contributed by atoms with Crippen LogP contribution in [-0.4, -0.2) is 15.0 Å². The zero-order chi connectivity index (χ0) is 11.1. The quantitative estimate of drug-likeness (QED) is 0.948. The van der Waals surface area contributed by atoms with Crippen LogP contribution in [0.2, 0.25) is 0 Å². The average Bonchev–Trinajstić information content (AvgIpc) is 2.91. The van der Waals surface area contributed by atoms with Crippen LogP contribution in [0, 0.1) is 0 Å². The minimum atomic E-state index is 0.582. The Morgan fingerprint density at radius 1 is 1.56 bits per heavy atom. The number of nitrogens with two attached hydrogens (primary N) is 1. The van der Waals surface area contributed by atoms with Gasteiger partial charge in [-0.2, -0.15) is 0 Å². The molecule has 4 nitrogen and oxygen atoms in total. The summed E-state index contributed by atoms with van der Waals surface area (Å²) in [6.45, 7) is 0.770. The minimum Gasteiger partial charge on any atom is -0.381 e. The fourth-order valence-electron chi connectivity index (χ4n) is 1.81. The van der Waals surface area contributed by atoms with Gasteiger partial charge in [-0.05, 0) is 34.8 Å². The van der Waals surface area contributed by atoms with Crippen molar-refractivity contribution in [2.24, 2.45) is 0 Å². The zero-order valence-corrected chi connectivity index (χ0v) is 11.0. The van der Waals surface area contributed by atoms with E-state index in [9.17, 15) is 0 Å². The molecule has 2 aromatic rings. The summed E-state index contributed by atoms with van der Waals surface area (Å²) in [5, 5.41) is 10.2. The topological polar surface area (TPSA) is 56.7 Å². The van der Waals surface area contributed by atoms with Crippen molar-refractivity contribution in [1.82, 2.24) is 15.0 Å². The first-order chi connectivity index (χ1) is 7.74. The summed E-state index contributed by atoms with van der Waals surface area (Å²) in [5.41, 5.74) is 6.96. The summed E-state index contributed by atoms with van der Waals surface area (Å²) < 4.78 is 3.05. The number of halogens is 1. The van der Waals surface area contributed by atoms with Crippen LogP contribution in [-0.2, 0) is 6.54 Å². The average molecular weight is 299 g/mol.